The molecule has 0 aromatic heterocycles. The third-order valence-electron chi connectivity index (χ3n) is 4.70. The van der Waals surface area contributed by atoms with E-state index < -0.39 is 38.2 Å². The van der Waals surface area contributed by atoms with E-state index in [1.807, 2.05) is 13.8 Å². The van der Waals surface area contributed by atoms with Crippen molar-refractivity contribution in [2.45, 2.75) is 64.0 Å². The second-order valence-electron chi connectivity index (χ2n) is 8.65. The second kappa shape index (κ2) is 8.95. The van der Waals surface area contributed by atoms with Gasteiger partial charge in [0, 0.05) is 25.7 Å². The summed E-state index contributed by atoms with van der Waals surface area (Å²) in [4.78, 5) is 13.2. The van der Waals surface area contributed by atoms with Gasteiger partial charge in [-0.1, -0.05) is 6.07 Å². The van der Waals surface area contributed by atoms with E-state index in [1.165, 1.54) is 0 Å². The second-order valence-corrected chi connectivity index (χ2v) is 10.5. The lowest BCUT2D eigenvalue weighted by Crippen LogP contribution is -2.48. The van der Waals surface area contributed by atoms with E-state index in [0.717, 1.165) is 22.5 Å². The van der Waals surface area contributed by atoms with Crippen LogP contribution in [0, 0.1) is 17.6 Å². The van der Waals surface area contributed by atoms with Gasteiger partial charge in [-0.15, -0.1) is 0 Å². The highest BCUT2D eigenvalue weighted by Crippen LogP contribution is 2.28. The molecule has 1 unspecified atom stereocenters. The van der Waals surface area contributed by atoms with Crippen LogP contribution in [-0.2, 0) is 14.8 Å². The molecular weight excluding hydrogens is 402 g/mol. The van der Waals surface area contributed by atoms with Crippen molar-refractivity contribution in [1.29, 1.82) is 0 Å². The zero-order valence-corrected chi connectivity index (χ0v) is 18.4. The van der Waals surface area contributed by atoms with Crippen molar-refractivity contribution in [2.75, 3.05) is 19.6 Å². The number of hydrogen-bond donors (Lipinski definition) is 0. The molecule has 0 radical (unpaired) electrons. The zero-order chi connectivity index (χ0) is 22.0. The molecule has 0 N–H and O–H groups in total. The SMILES string of the molecule is CC(C)N(CC1CCCN(S(=O)(=O)c2c(F)cccc2F)C1)C(=O)OC(C)(C)C. The van der Waals surface area contributed by atoms with Gasteiger partial charge in [-0.25, -0.2) is 22.0 Å². The lowest BCUT2D eigenvalue weighted by molar-refractivity contribution is 0.0138. The van der Waals surface area contributed by atoms with E-state index in [2.05, 4.69) is 0 Å². The Morgan fingerprint density at radius 3 is 2.38 bits per heavy atom. The van der Waals surface area contributed by atoms with Gasteiger partial charge in [0.05, 0.1) is 0 Å². The van der Waals surface area contributed by atoms with Crippen molar-refractivity contribution < 1.29 is 26.7 Å². The highest BCUT2D eigenvalue weighted by Gasteiger charge is 2.36. The molecule has 1 atom stereocenters. The van der Waals surface area contributed by atoms with E-state index in [-0.39, 0.29) is 25.0 Å². The number of halogens is 2. The molecular formula is C20H30F2N2O4S. The van der Waals surface area contributed by atoms with Crippen molar-refractivity contribution in [2.24, 2.45) is 5.92 Å². The quantitative estimate of drug-likeness (QED) is 0.705. The number of rotatable bonds is 5. The summed E-state index contributed by atoms with van der Waals surface area (Å²) in [6.07, 6.45) is 0.783. The van der Waals surface area contributed by atoms with Crippen LogP contribution >= 0.6 is 0 Å². The van der Waals surface area contributed by atoms with Crippen molar-refractivity contribution in [3.05, 3.63) is 29.8 Å². The molecule has 1 saturated heterocycles. The van der Waals surface area contributed by atoms with Gasteiger partial charge in [-0.05, 0) is 65.5 Å². The first-order valence-corrected chi connectivity index (χ1v) is 11.2. The van der Waals surface area contributed by atoms with E-state index in [1.54, 1.807) is 25.7 Å². The number of carbonyl (C=O) groups is 1. The molecule has 9 heteroatoms. The minimum absolute atomic E-state index is 0.0854. The monoisotopic (exact) mass is 432 g/mol. The van der Waals surface area contributed by atoms with Crippen LogP contribution in [-0.4, -0.2) is 55.0 Å². The molecule has 2 rings (SSSR count). The van der Waals surface area contributed by atoms with Gasteiger partial charge in [0.2, 0.25) is 10.0 Å². The van der Waals surface area contributed by atoms with Crippen LogP contribution in [0.15, 0.2) is 23.1 Å². The molecule has 29 heavy (non-hydrogen) atoms. The Balaban J connectivity index is 2.18. The third kappa shape index (κ3) is 5.88. The molecule has 1 aromatic rings. The molecule has 1 aliphatic rings. The lowest BCUT2D eigenvalue weighted by Gasteiger charge is -2.37. The van der Waals surface area contributed by atoms with Crippen LogP contribution in [0.2, 0.25) is 0 Å². The molecule has 1 heterocycles. The smallest absolute Gasteiger partial charge is 0.410 e. The summed E-state index contributed by atoms with van der Waals surface area (Å²) in [5.74, 6) is -2.38. The molecule has 1 aromatic carbocycles. The van der Waals surface area contributed by atoms with Gasteiger partial charge in [-0.2, -0.15) is 4.31 Å². The van der Waals surface area contributed by atoms with Crippen molar-refractivity contribution >= 4 is 16.1 Å². The van der Waals surface area contributed by atoms with Crippen molar-refractivity contribution in [3.63, 3.8) is 0 Å². The molecule has 0 bridgehead atoms. The summed E-state index contributed by atoms with van der Waals surface area (Å²) >= 11 is 0. The van der Waals surface area contributed by atoms with E-state index in [0.29, 0.717) is 19.4 Å². The normalized spacial score (nSPS) is 18.7. The van der Waals surface area contributed by atoms with E-state index in [4.69, 9.17) is 4.74 Å². The van der Waals surface area contributed by atoms with Gasteiger partial charge in [0.25, 0.3) is 0 Å². The number of piperidine rings is 1. The number of sulfonamides is 1. The first-order valence-electron chi connectivity index (χ1n) is 9.76. The zero-order valence-electron chi connectivity index (χ0n) is 17.6. The minimum atomic E-state index is -4.31. The Morgan fingerprint density at radius 2 is 1.86 bits per heavy atom. The Kier molecular flexibility index (Phi) is 7.27. The van der Waals surface area contributed by atoms with Crippen molar-refractivity contribution in [1.82, 2.24) is 9.21 Å². The molecule has 0 spiro atoms. The van der Waals surface area contributed by atoms with Crippen LogP contribution in [0.5, 0.6) is 0 Å². The van der Waals surface area contributed by atoms with E-state index in [9.17, 15) is 22.0 Å². The fourth-order valence-corrected chi connectivity index (χ4v) is 5.01. The molecule has 1 fully saturated rings. The molecule has 1 amide bonds. The Labute approximate surface area is 171 Å². The largest absolute Gasteiger partial charge is 0.444 e. The summed E-state index contributed by atoms with van der Waals surface area (Å²) in [7, 11) is -4.31. The predicted octanol–water partition coefficient (Wildman–Crippen LogP) is 4.01. The maximum atomic E-state index is 14.1. The molecule has 164 valence electrons. The number of amides is 1. The summed E-state index contributed by atoms with van der Waals surface area (Å²) in [5, 5.41) is 0. The highest BCUT2D eigenvalue weighted by atomic mass is 32.2. The van der Waals surface area contributed by atoms with Crippen molar-refractivity contribution in [3.8, 4) is 0 Å². The van der Waals surface area contributed by atoms with Gasteiger partial charge in [0.15, 0.2) is 4.90 Å². The van der Waals surface area contributed by atoms with Crippen LogP contribution in [0.3, 0.4) is 0 Å². The maximum Gasteiger partial charge on any atom is 0.410 e. The predicted molar refractivity (Wildman–Crippen MR) is 106 cm³/mol. The summed E-state index contributed by atoms with van der Waals surface area (Å²) in [6.45, 7) is 9.62. The number of benzene rings is 1. The average Bonchev–Trinajstić information content (AvgIpc) is 2.57. The van der Waals surface area contributed by atoms with Crippen LogP contribution in [0.25, 0.3) is 0 Å². The average molecular weight is 433 g/mol. The van der Waals surface area contributed by atoms with Crippen LogP contribution in [0.4, 0.5) is 13.6 Å². The Morgan fingerprint density at radius 1 is 1.28 bits per heavy atom. The number of nitrogens with zero attached hydrogens (tertiary/aromatic N) is 2. The van der Waals surface area contributed by atoms with Crippen LogP contribution < -0.4 is 0 Å². The topological polar surface area (TPSA) is 66.9 Å². The summed E-state index contributed by atoms with van der Waals surface area (Å²) in [6, 6.07) is 2.85. The molecule has 6 nitrogen and oxygen atoms in total. The highest BCUT2D eigenvalue weighted by molar-refractivity contribution is 7.89. The molecule has 1 aliphatic heterocycles. The fourth-order valence-electron chi connectivity index (χ4n) is 3.35. The van der Waals surface area contributed by atoms with Crippen LogP contribution in [0.1, 0.15) is 47.5 Å². The van der Waals surface area contributed by atoms with Gasteiger partial charge in [0.1, 0.15) is 17.2 Å². The molecule has 0 saturated carbocycles. The van der Waals surface area contributed by atoms with Gasteiger partial charge in [-0.3, -0.25) is 0 Å². The number of carbonyl (C=O) groups excluding carboxylic acids is 1. The number of hydrogen-bond acceptors (Lipinski definition) is 4. The minimum Gasteiger partial charge on any atom is -0.444 e. The first kappa shape index (κ1) is 23.5. The Bertz CT molecular complexity index is 817. The number of ether oxygens (including phenoxy) is 1. The fraction of sp³-hybridized carbons (Fsp3) is 0.650. The maximum absolute atomic E-state index is 14.1. The van der Waals surface area contributed by atoms with Gasteiger partial charge >= 0.3 is 6.09 Å². The summed E-state index contributed by atoms with van der Waals surface area (Å²) in [5.41, 5.74) is -0.644. The molecule has 0 aliphatic carbocycles. The third-order valence-corrected chi connectivity index (χ3v) is 6.62. The lowest BCUT2D eigenvalue weighted by atomic mass is 9.98. The Hall–Kier alpha value is -1.74. The standard InChI is InChI=1S/C20H30F2N2O4S/c1-14(2)24(19(25)28-20(3,4)5)13-15-8-7-11-23(12-15)29(26,27)18-16(21)9-6-10-17(18)22/h6,9-10,14-15H,7-8,11-13H2,1-5H3. The first-order chi connectivity index (χ1) is 13.3. The summed E-state index contributed by atoms with van der Waals surface area (Å²) < 4.78 is 60.4. The van der Waals surface area contributed by atoms with E-state index >= 15 is 0 Å². The van der Waals surface area contributed by atoms with Gasteiger partial charge < -0.3 is 9.64 Å².